The average Bonchev–Trinajstić information content (AvgIpc) is 2.95. The van der Waals surface area contributed by atoms with Crippen molar-refractivity contribution >= 4 is 6.01 Å². The van der Waals surface area contributed by atoms with Crippen LogP contribution in [0.15, 0.2) is 10.7 Å². The molecule has 0 saturated carbocycles. The van der Waals surface area contributed by atoms with E-state index in [0.717, 1.165) is 50.9 Å². The van der Waals surface area contributed by atoms with Crippen LogP contribution in [0.3, 0.4) is 0 Å². The van der Waals surface area contributed by atoms with E-state index in [1.165, 1.54) is 0 Å². The molecule has 17 heavy (non-hydrogen) atoms. The fourth-order valence-corrected chi connectivity index (χ4v) is 2.15. The lowest BCUT2D eigenvalue weighted by molar-refractivity contribution is 0.160. The molecular weight excluding hydrogens is 218 g/mol. The smallest absolute Gasteiger partial charge is 0.297 e. The summed E-state index contributed by atoms with van der Waals surface area (Å²) in [6.45, 7) is 6.61. The van der Waals surface area contributed by atoms with Gasteiger partial charge in [0.1, 0.15) is 6.26 Å². The summed E-state index contributed by atoms with van der Waals surface area (Å²) in [6, 6.07) is 0.747. The van der Waals surface area contributed by atoms with Crippen LogP contribution in [0.2, 0.25) is 0 Å². The van der Waals surface area contributed by atoms with Crippen molar-refractivity contribution in [1.29, 1.82) is 0 Å². The zero-order valence-electron chi connectivity index (χ0n) is 10.6. The normalized spacial score (nSPS) is 20.1. The molecule has 5 heteroatoms. The summed E-state index contributed by atoms with van der Waals surface area (Å²) >= 11 is 0. The van der Waals surface area contributed by atoms with Gasteiger partial charge in [-0.2, -0.15) is 4.98 Å². The molecule has 0 radical (unpaired) electrons. The third-order valence-corrected chi connectivity index (χ3v) is 3.05. The van der Waals surface area contributed by atoms with Gasteiger partial charge in [0.2, 0.25) is 0 Å². The molecule has 1 aliphatic heterocycles. The van der Waals surface area contributed by atoms with Crippen LogP contribution in [0.5, 0.6) is 0 Å². The first-order chi connectivity index (χ1) is 8.33. The maximum Gasteiger partial charge on any atom is 0.297 e. The molecule has 0 spiro atoms. The highest BCUT2D eigenvalue weighted by Crippen LogP contribution is 2.23. The van der Waals surface area contributed by atoms with Gasteiger partial charge in [-0.25, -0.2) is 0 Å². The van der Waals surface area contributed by atoms with Crippen molar-refractivity contribution in [3.8, 4) is 0 Å². The topological polar surface area (TPSA) is 50.5 Å². The molecule has 1 aromatic heterocycles. The lowest BCUT2D eigenvalue weighted by Gasteiger charge is -2.12. The second-order valence-corrected chi connectivity index (χ2v) is 4.46. The van der Waals surface area contributed by atoms with E-state index < -0.39 is 0 Å². The molecule has 5 nitrogen and oxygen atoms in total. The molecular formula is C12H21N3O2. The van der Waals surface area contributed by atoms with E-state index >= 15 is 0 Å². The minimum absolute atomic E-state index is 0.601. The summed E-state index contributed by atoms with van der Waals surface area (Å²) in [6.07, 6.45) is 2.89. The molecule has 0 aliphatic carbocycles. The predicted octanol–water partition coefficient (Wildman–Crippen LogP) is 1.26. The van der Waals surface area contributed by atoms with Crippen LogP contribution in [0, 0.1) is 5.92 Å². The summed E-state index contributed by atoms with van der Waals surface area (Å²) in [7, 11) is 1.75. The first kappa shape index (κ1) is 12.4. The third kappa shape index (κ3) is 3.20. The van der Waals surface area contributed by atoms with Gasteiger partial charge in [0.15, 0.2) is 0 Å². The number of rotatable bonds is 6. The number of nitrogens with zero attached hydrogens (tertiary/aromatic N) is 2. The Morgan fingerprint density at radius 1 is 1.65 bits per heavy atom. The Morgan fingerprint density at radius 2 is 2.53 bits per heavy atom. The van der Waals surface area contributed by atoms with Gasteiger partial charge >= 0.3 is 0 Å². The maximum atomic E-state index is 5.51. The molecule has 1 saturated heterocycles. The molecule has 0 bridgehead atoms. The third-order valence-electron chi connectivity index (χ3n) is 3.05. The number of nitrogens with one attached hydrogen (secondary N) is 1. The van der Waals surface area contributed by atoms with Crippen molar-refractivity contribution in [2.24, 2.45) is 5.92 Å². The number of ether oxygens (including phenoxy) is 1. The van der Waals surface area contributed by atoms with Gasteiger partial charge < -0.3 is 19.4 Å². The van der Waals surface area contributed by atoms with E-state index in [1.807, 2.05) is 0 Å². The fraction of sp³-hybridized carbons (Fsp3) is 0.750. The maximum absolute atomic E-state index is 5.51. The summed E-state index contributed by atoms with van der Waals surface area (Å²) in [5.41, 5.74) is 0.969. The first-order valence-electron chi connectivity index (χ1n) is 6.22. The highest BCUT2D eigenvalue weighted by molar-refractivity contribution is 5.29. The summed E-state index contributed by atoms with van der Waals surface area (Å²) < 4.78 is 10.7. The van der Waals surface area contributed by atoms with E-state index in [2.05, 4.69) is 22.1 Å². The summed E-state index contributed by atoms with van der Waals surface area (Å²) in [4.78, 5) is 6.67. The van der Waals surface area contributed by atoms with E-state index in [0.29, 0.717) is 5.92 Å². The molecule has 1 aromatic rings. The minimum Gasteiger partial charge on any atom is -0.432 e. The van der Waals surface area contributed by atoms with Crippen LogP contribution in [-0.4, -0.2) is 38.3 Å². The molecule has 1 aliphatic rings. The minimum atomic E-state index is 0.601. The van der Waals surface area contributed by atoms with Crippen molar-refractivity contribution in [1.82, 2.24) is 10.3 Å². The Hall–Kier alpha value is -1.07. The van der Waals surface area contributed by atoms with E-state index in [9.17, 15) is 0 Å². The van der Waals surface area contributed by atoms with Gasteiger partial charge in [-0.15, -0.1) is 0 Å². The second-order valence-electron chi connectivity index (χ2n) is 4.46. The standard InChI is InChI=1S/C12H21N3O2/c1-3-13-6-11-9-17-12(14-11)15-5-4-10(7-15)8-16-2/h9-10,13H,3-8H2,1-2H3. The van der Waals surface area contributed by atoms with Crippen LogP contribution < -0.4 is 10.2 Å². The molecule has 1 N–H and O–H groups in total. The molecule has 1 unspecified atom stereocenters. The molecule has 96 valence electrons. The molecule has 0 amide bonds. The van der Waals surface area contributed by atoms with Crippen molar-refractivity contribution in [2.75, 3.05) is 38.3 Å². The molecule has 2 heterocycles. The Morgan fingerprint density at radius 3 is 3.29 bits per heavy atom. The summed E-state index contributed by atoms with van der Waals surface area (Å²) in [5.74, 6) is 0.601. The number of methoxy groups -OCH3 is 1. The van der Waals surface area contributed by atoms with Crippen LogP contribution in [0.25, 0.3) is 0 Å². The highest BCUT2D eigenvalue weighted by atomic mass is 16.5. The van der Waals surface area contributed by atoms with Gasteiger partial charge in [0.05, 0.1) is 12.3 Å². The Kier molecular flexibility index (Phi) is 4.39. The number of oxazole rings is 1. The van der Waals surface area contributed by atoms with Gasteiger partial charge in [-0.1, -0.05) is 6.92 Å². The predicted molar refractivity (Wildman–Crippen MR) is 66.1 cm³/mol. The van der Waals surface area contributed by atoms with Gasteiger partial charge in [0.25, 0.3) is 6.01 Å². The lowest BCUT2D eigenvalue weighted by atomic mass is 10.1. The quantitative estimate of drug-likeness (QED) is 0.810. The van der Waals surface area contributed by atoms with Gasteiger partial charge in [0, 0.05) is 32.7 Å². The second kappa shape index (κ2) is 6.02. The fourth-order valence-electron chi connectivity index (χ4n) is 2.15. The van der Waals surface area contributed by atoms with Crippen molar-refractivity contribution < 1.29 is 9.15 Å². The van der Waals surface area contributed by atoms with Crippen LogP contribution in [0.1, 0.15) is 19.0 Å². The van der Waals surface area contributed by atoms with Gasteiger partial charge in [-0.05, 0) is 13.0 Å². The monoisotopic (exact) mass is 239 g/mol. The van der Waals surface area contributed by atoms with Crippen LogP contribution in [-0.2, 0) is 11.3 Å². The number of aromatic nitrogens is 1. The largest absolute Gasteiger partial charge is 0.432 e. The van der Waals surface area contributed by atoms with Crippen molar-refractivity contribution in [3.05, 3.63) is 12.0 Å². The lowest BCUT2D eigenvalue weighted by Crippen LogP contribution is -2.21. The molecule has 1 atom stereocenters. The first-order valence-corrected chi connectivity index (χ1v) is 6.22. The zero-order chi connectivity index (χ0) is 12.1. The number of hydrogen-bond donors (Lipinski definition) is 1. The van der Waals surface area contributed by atoms with E-state index in [1.54, 1.807) is 13.4 Å². The molecule has 1 fully saturated rings. The van der Waals surface area contributed by atoms with E-state index in [4.69, 9.17) is 9.15 Å². The summed E-state index contributed by atoms with van der Waals surface area (Å²) in [5, 5.41) is 3.24. The SMILES string of the molecule is CCNCc1coc(N2CCC(COC)C2)n1. The Bertz CT molecular complexity index is 340. The van der Waals surface area contributed by atoms with Gasteiger partial charge in [-0.3, -0.25) is 0 Å². The van der Waals surface area contributed by atoms with E-state index in [-0.39, 0.29) is 0 Å². The highest BCUT2D eigenvalue weighted by Gasteiger charge is 2.25. The van der Waals surface area contributed by atoms with Crippen molar-refractivity contribution in [3.63, 3.8) is 0 Å². The van der Waals surface area contributed by atoms with Crippen molar-refractivity contribution in [2.45, 2.75) is 19.9 Å². The number of hydrogen-bond acceptors (Lipinski definition) is 5. The van der Waals surface area contributed by atoms with Crippen LogP contribution >= 0.6 is 0 Å². The van der Waals surface area contributed by atoms with Crippen LogP contribution in [0.4, 0.5) is 6.01 Å². The zero-order valence-corrected chi connectivity index (χ0v) is 10.6. The average molecular weight is 239 g/mol. The number of anilines is 1. The Balaban J connectivity index is 1.88. The molecule has 0 aromatic carbocycles. The molecule has 2 rings (SSSR count). The Labute approximate surface area is 102 Å².